The molecule has 0 spiro atoms. The number of ether oxygens (including phenoxy) is 2. The van der Waals surface area contributed by atoms with Crippen LogP contribution < -0.4 is 20.5 Å². The number of hydrogen-bond donors (Lipinski definition) is 2. The molecule has 1 heterocycles. The van der Waals surface area contributed by atoms with Crippen molar-refractivity contribution in [2.75, 3.05) is 6.79 Å². The monoisotopic (exact) mass is 280 g/mol. The predicted octanol–water partition coefficient (Wildman–Crippen LogP) is 1.60. The normalized spacial score (nSPS) is 13.9. The van der Waals surface area contributed by atoms with Crippen LogP contribution in [-0.2, 0) is 0 Å². The summed E-state index contributed by atoms with van der Waals surface area (Å²) in [6.07, 6.45) is 1.62. The number of carbonyl (C=O) groups excluding carboxylic acids is 1. The van der Waals surface area contributed by atoms with Gasteiger partial charge in [-0.3, -0.25) is 4.79 Å². The maximum Gasteiger partial charge on any atom is 0.251 e. The number of hydrogen-bond acceptors (Lipinski definition) is 4. The molecule has 0 saturated carbocycles. The number of amides is 1. The molecule has 1 amide bonds. The van der Waals surface area contributed by atoms with Gasteiger partial charge in [-0.25, -0.2) is 0 Å². The van der Waals surface area contributed by atoms with Crippen LogP contribution in [-0.4, -0.2) is 23.7 Å². The highest BCUT2D eigenvalue weighted by Gasteiger charge is 2.19. The first-order chi connectivity index (χ1) is 9.11. The van der Waals surface area contributed by atoms with E-state index in [0.717, 1.165) is 12.8 Å². The van der Waals surface area contributed by atoms with Crippen molar-refractivity contribution < 1.29 is 14.3 Å². The molecular formula is C13H16N2O3S. The van der Waals surface area contributed by atoms with Gasteiger partial charge in [0.1, 0.15) is 0 Å². The minimum Gasteiger partial charge on any atom is -0.454 e. The summed E-state index contributed by atoms with van der Waals surface area (Å²) in [6, 6.07) is 4.77. The Morgan fingerprint density at radius 2 is 2.21 bits per heavy atom. The largest absolute Gasteiger partial charge is 0.454 e. The van der Waals surface area contributed by atoms with E-state index >= 15 is 0 Å². The smallest absolute Gasteiger partial charge is 0.251 e. The number of rotatable bonds is 5. The van der Waals surface area contributed by atoms with Crippen LogP contribution in [0, 0.1) is 0 Å². The zero-order valence-electron chi connectivity index (χ0n) is 10.6. The molecule has 1 aromatic carbocycles. The van der Waals surface area contributed by atoms with Gasteiger partial charge in [0, 0.05) is 5.56 Å². The molecule has 19 heavy (non-hydrogen) atoms. The molecule has 0 aliphatic carbocycles. The van der Waals surface area contributed by atoms with Gasteiger partial charge in [-0.05, 0) is 24.6 Å². The summed E-state index contributed by atoms with van der Waals surface area (Å²) in [6.45, 7) is 2.20. The van der Waals surface area contributed by atoms with Crippen LogP contribution in [0.25, 0.3) is 0 Å². The number of benzene rings is 1. The molecular weight excluding hydrogens is 264 g/mol. The fourth-order valence-corrected chi connectivity index (χ4v) is 2.03. The van der Waals surface area contributed by atoms with Gasteiger partial charge in [0.15, 0.2) is 11.5 Å². The molecule has 0 fully saturated rings. The maximum absolute atomic E-state index is 12.1. The minimum absolute atomic E-state index is 0.186. The van der Waals surface area contributed by atoms with Gasteiger partial charge in [0.2, 0.25) is 6.79 Å². The average molecular weight is 280 g/mol. The average Bonchev–Trinajstić information content (AvgIpc) is 2.85. The molecule has 1 aromatic rings. The summed E-state index contributed by atoms with van der Waals surface area (Å²) in [4.78, 5) is 12.4. The molecule has 1 unspecified atom stereocenters. The topological polar surface area (TPSA) is 73.6 Å². The first-order valence-electron chi connectivity index (χ1n) is 6.11. The maximum atomic E-state index is 12.1. The van der Waals surface area contributed by atoms with Crippen molar-refractivity contribution in [2.45, 2.75) is 25.8 Å². The molecule has 5 nitrogen and oxygen atoms in total. The van der Waals surface area contributed by atoms with Crippen molar-refractivity contribution in [1.82, 2.24) is 5.32 Å². The van der Waals surface area contributed by atoms with E-state index in [-0.39, 0.29) is 18.7 Å². The molecule has 0 radical (unpaired) electrons. The minimum atomic E-state index is -0.280. The third-order valence-electron chi connectivity index (χ3n) is 2.86. The van der Waals surface area contributed by atoms with Crippen molar-refractivity contribution in [2.24, 2.45) is 5.73 Å². The van der Waals surface area contributed by atoms with Gasteiger partial charge in [-0.15, -0.1) is 0 Å². The lowest BCUT2D eigenvalue weighted by Crippen LogP contribution is -2.43. The van der Waals surface area contributed by atoms with E-state index in [2.05, 4.69) is 5.32 Å². The SMILES string of the molecule is CCCC(NC(=O)c1ccc2c(c1)OCO2)C(N)=S. The Balaban J connectivity index is 2.09. The lowest BCUT2D eigenvalue weighted by Gasteiger charge is -2.16. The van der Waals surface area contributed by atoms with E-state index in [1.807, 2.05) is 6.92 Å². The first-order valence-corrected chi connectivity index (χ1v) is 6.52. The van der Waals surface area contributed by atoms with Crippen molar-refractivity contribution >= 4 is 23.1 Å². The van der Waals surface area contributed by atoms with Gasteiger partial charge < -0.3 is 20.5 Å². The van der Waals surface area contributed by atoms with Gasteiger partial charge in [0.25, 0.3) is 5.91 Å². The summed E-state index contributed by atoms with van der Waals surface area (Å²) >= 11 is 4.95. The lowest BCUT2D eigenvalue weighted by molar-refractivity contribution is 0.0945. The number of fused-ring (bicyclic) bond motifs is 1. The van der Waals surface area contributed by atoms with E-state index in [1.54, 1.807) is 18.2 Å². The quantitative estimate of drug-likeness (QED) is 0.801. The van der Waals surface area contributed by atoms with E-state index < -0.39 is 0 Å². The van der Waals surface area contributed by atoms with Crippen LogP contribution in [0.2, 0.25) is 0 Å². The Labute approximate surface area is 117 Å². The van der Waals surface area contributed by atoms with E-state index in [9.17, 15) is 4.79 Å². The third-order valence-corrected chi connectivity index (χ3v) is 3.15. The van der Waals surface area contributed by atoms with Gasteiger partial charge in [-0.1, -0.05) is 25.6 Å². The standard InChI is InChI=1S/C13H16N2O3S/c1-2-3-9(12(14)19)15-13(16)8-4-5-10-11(6-8)18-7-17-10/h4-6,9H,2-3,7H2,1H3,(H2,14,19)(H,15,16). The molecule has 102 valence electrons. The fourth-order valence-electron chi connectivity index (χ4n) is 1.85. The highest BCUT2D eigenvalue weighted by Crippen LogP contribution is 2.32. The van der Waals surface area contributed by atoms with E-state index in [4.69, 9.17) is 27.4 Å². The van der Waals surface area contributed by atoms with Crippen LogP contribution >= 0.6 is 12.2 Å². The summed E-state index contributed by atoms with van der Waals surface area (Å²) < 4.78 is 10.4. The van der Waals surface area contributed by atoms with Crippen LogP contribution in [0.5, 0.6) is 11.5 Å². The number of thiocarbonyl (C=S) groups is 1. The lowest BCUT2D eigenvalue weighted by atomic mass is 10.1. The van der Waals surface area contributed by atoms with Crippen LogP contribution in [0.3, 0.4) is 0 Å². The Morgan fingerprint density at radius 3 is 2.89 bits per heavy atom. The van der Waals surface area contributed by atoms with Crippen molar-refractivity contribution in [1.29, 1.82) is 0 Å². The summed E-state index contributed by atoms with van der Waals surface area (Å²) in [5, 5.41) is 2.82. The third kappa shape index (κ3) is 3.14. The number of carbonyl (C=O) groups is 1. The zero-order valence-corrected chi connectivity index (χ0v) is 11.5. The van der Waals surface area contributed by atoms with Crippen LogP contribution in [0.1, 0.15) is 30.1 Å². The second-order valence-electron chi connectivity index (χ2n) is 4.29. The highest BCUT2D eigenvalue weighted by atomic mass is 32.1. The molecule has 1 aliphatic heterocycles. The molecule has 6 heteroatoms. The molecule has 1 atom stereocenters. The van der Waals surface area contributed by atoms with Crippen molar-refractivity contribution in [3.8, 4) is 11.5 Å². The van der Waals surface area contributed by atoms with Crippen molar-refractivity contribution in [3.63, 3.8) is 0 Å². The Bertz CT molecular complexity index is 505. The van der Waals surface area contributed by atoms with E-state index in [0.29, 0.717) is 22.1 Å². The Kier molecular flexibility index (Phi) is 4.21. The molecule has 0 saturated heterocycles. The Hall–Kier alpha value is -1.82. The van der Waals surface area contributed by atoms with Crippen LogP contribution in [0.4, 0.5) is 0 Å². The summed E-state index contributed by atoms with van der Waals surface area (Å²) in [7, 11) is 0. The van der Waals surface area contributed by atoms with Crippen molar-refractivity contribution in [3.05, 3.63) is 23.8 Å². The predicted molar refractivity (Wildman–Crippen MR) is 75.5 cm³/mol. The molecule has 0 bridgehead atoms. The highest BCUT2D eigenvalue weighted by molar-refractivity contribution is 7.80. The summed E-state index contributed by atoms with van der Waals surface area (Å²) in [5.74, 6) is 1.01. The molecule has 1 aliphatic rings. The van der Waals surface area contributed by atoms with E-state index in [1.165, 1.54) is 0 Å². The second-order valence-corrected chi connectivity index (χ2v) is 4.76. The van der Waals surface area contributed by atoms with Crippen LogP contribution in [0.15, 0.2) is 18.2 Å². The van der Waals surface area contributed by atoms with Gasteiger partial charge in [0.05, 0.1) is 11.0 Å². The van der Waals surface area contributed by atoms with Gasteiger partial charge >= 0.3 is 0 Å². The number of nitrogens with one attached hydrogen (secondary N) is 1. The number of nitrogens with two attached hydrogens (primary N) is 1. The Morgan fingerprint density at radius 1 is 1.47 bits per heavy atom. The first kappa shape index (κ1) is 13.6. The fraction of sp³-hybridized carbons (Fsp3) is 0.385. The molecule has 0 aromatic heterocycles. The molecule has 3 N–H and O–H groups in total. The zero-order chi connectivity index (χ0) is 13.8. The van der Waals surface area contributed by atoms with Gasteiger partial charge in [-0.2, -0.15) is 0 Å². The molecule has 2 rings (SSSR count). The second kappa shape index (κ2) is 5.88. The summed E-state index contributed by atoms with van der Waals surface area (Å²) in [5.41, 5.74) is 6.11.